The van der Waals surface area contributed by atoms with Crippen molar-refractivity contribution in [3.05, 3.63) is 58.9 Å². The standard InChI is InChI=1S/C16H12FNO2/c1-10-3-4-12(9-18)7-16(10)20-15-6-5-13(17)8-14(15)11(2)19/h3-8H,1-2H3. The van der Waals surface area contributed by atoms with E-state index >= 15 is 0 Å². The third kappa shape index (κ3) is 2.83. The van der Waals surface area contributed by atoms with Crippen LogP contribution in [0.5, 0.6) is 11.5 Å². The van der Waals surface area contributed by atoms with Crippen molar-refractivity contribution in [2.45, 2.75) is 13.8 Å². The minimum Gasteiger partial charge on any atom is -0.456 e. The summed E-state index contributed by atoms with van der Waals surface area (Å²) in [4.78, 5) is 11.5. The molecule has 0 aliphatic heterocycles. The molecule has 0 spiro atoms. The fourth-order valence-electron chi connectivity index (χ4n) is 1.76. The van der Waals surface area contributed by atoms with E-state index in [2.05, 4.69) is 0 Å². The maximum Gasteiger partial charge on any atom is 0.163 e. The molecule has 0 unspecified atom stereocenters. The van der Waals surface area contributed by atoms with Crippen LogP contribution in [0, 0.1) is 24.1 Å². The minimum absolute atomic E-state index is 0.173. The zero-order valence-electron chi connectivity index (χ0n) is 11.1. The Labute approximate surface area is 116 Å². The van der Waals surface area contributed by atoms with Crippen molar-refractivity contribution in [2.24, 2.45) is 0 Å². The molecule has 2 aromatic carbocycles. The van der Waals surface area contributed by atoms with Gasteiger partial charge in [0.25, 0.3) is 0 Å². The Balaban J connectivity index is 2.45. The predicted molar refractivity (Wildman–Crippen MR) is 72.4 cm³/mol. The van der Waals surface area contributed by atoms with Gasteiger partial charge in [0.05, 0.1) is 17.2 Å². The number of carbonyl (C=O) groups is 1. The van der Waals surface area contributed by atoms with Gasteiger partial charge in [-0.3, -0.25) is 4.79 Å². The molecule has 0 radical (unpaired) electrons. The van der Waals surface area contributed by atoms with Gasteiger partial charge in [0, 0.05) is 0 Å². The molecule has 20 heavy (non-hydrogen) atoms. The number of nitrogens with zero attached hydrogens (tertiary/aromatic N) is 1. The van der Waals surface area contributed by atoms with E-state index in [1.807, 2.05) is 13.0 Å². The molecular weight excluding hydrogens is 257 g/mol. The van der Waals surface area contributed by atoms with E-state index in [4.69, 9.17) is 10.00 Å². The van der Waals surface area contributed by atoms with Crippen LogP contribution in [0.25, 0.3) is 0 Å². The van der Waals surface area contributed by atoms with Gasteiger partial charge in [0.2, 0.25) is 0 Å². The normalized spacial score (nSPS) is 9.90. The van der Waals surface area contributed by atoms with Crippen LogP contribution in [0.1, 0.15) is 28.4 Å². The van der Waals surface area contributed by atoms with Crippen molar-refractivity contribution < 1.29 is 13.9 Å². The van der Waals surface area contributed by atoms with E-state index in [9.17, 15) is 9.18 Å². The number of carbonyl (C=O) groups excluding carboxylic acids is 1. The van der Waals surface area contributed by atoms with Crippen molar-refractivity contribution in [1.82, 2.24) is 0 Å². The molecule has 100 valence electrons. The summed E-state index contributed by atoms with van der Waals surface area (Å²) in [5.74, 6) is -0.0334. The molecule has 0 amide bonds. The number of ketones is 1. The Hall–Kier alpha value is -2.67. The summed E-state index contributed by atoms with van der Waals surface area (Å²) in [7, 11) is 0. The van der Waals surface area contributed by atoms with Crippen molar-refractivity contribution in [2.75, 3.05) is 0 Å². The lowest BCUT2D eigenvalue weighted by atomic mass is 10.1. The van der Waals surface area contributed by atoms with Crippen LogP contribution < -0.4 is 4.74 Å². The fourth-order valence-corrected chi connectivity index (χ4v) is 1.76. The average molecular weight is 269 g/mol. The topological polar surface area (TPSA) is 50.1 Å². The second kappa shape index (κ2) is 5.54. The van der Waals surface area contributed by atoms with Gasteiger partial charge in [0.15, 0.2) is 5.78 Å². The molecule has 0 N–H and O–H groups in total. The maximum atomic E-state index is 13.2. The Morgan fingerprint density at radius 2 is 1.95 bits per heavy atom. The monoisotopic (exact) mass is 269 g/mol. The third-order valence-electron chi connectivity index (χ3n) is 2.86. The molecule has 0 saturated carbocycles. The van der Waals surface area contributed by atoms with Gasteiger partial charge in [-0.1, -0.05) is 6.07 Å². The minimum atomic E-state index is -0.495. The lowest BCUT2D eigenvalue weighted by molar-refractivity contribution is 0.101. The van der Waals surface area contributed by atoms with E-state index < -0.39 is 5.82 Å². The molecule has 0 heterocycles. The predicted octanol–water partition coefficient (Wildman–Crippen LogP) is 4.00. The summed E-state index contributed by atoms with van der Waals surface area (Å²) in [6.07, 6.45) is 0. The number of hydrogen-bond donors (Lipinski definition) is 0. The molecule has 0 aliphatic rings. The second-order valence-corrected chi connectivity index (χ2v) is 4.39. The van der Waals surface area contributed by atoms with Crippen molar-refractivity contribution in [3.63, 3.8) is 0 Å². The first-order chi connectivity index (χ1) is 9.51. The number of halogens is 1. The van der Waals surface area contributed by atoms with Crippen molar-refractivity contribution in [1.29, 1.82) is 5.26 Å². The molecular formula is C16H12FNO2. The molecule has 0 aromatic heterocycles. The number of benzene rings is 2. The lowest BCUT2D eigenvalue weighted by Crippen LogP contribution is -1.99. The quantitative estimate of drug-likeness (QED) is 0.791. The Bertz CT molecular complexity index is 717. The van der Waals surface area contributed by atoms with Gasteiger partial charge in [-0.05, 0) is 49.7 Å². The van der Waals surface area contributed by atoms with Crippen LogP contribution in [0.3, 0.4) is 0 Å². The summed E-state index contributed by atoms with van der Waals surface area (Å²) in [6, 6.07) is 10.8. The molecule has 2 rings (SSSR count). The first kappa shape index (κ1) is 13.8. The number of hydrogen-bond acceptors (Lipinski definition) is 3. The van der Waals surface area contributed by atoms with Crippen LogP contribution >= 0.6 is 0 Å². The van der Waals surface area contributed by atoms with Gasteiger partial charge in [-0.25, -0.2) is 4.39 Å². The van der Waals surface area contributed by atoms with E-state index in [1.54, 1.807) is 18.2 Å². The van der Waals surface area contributed by atoms with Crippen LogP contribution in [-0.4, -0.2) is 5.78 Å². The highest BCUT2D eigenvalue weighted by atomic mass is 19.1. The zero-order valence-corrected chi connectivity index (χ0v) is 11.1. The van der Waals surface area contributed by atoms with E-state index in [0.29, 0.717) is 11.3 Å². The molecule has 0 aliphatic carbocycles. The summed E-state index contributed by atoms with van der Waals surface area (Å²) >= 11 is 0. The van der Waals surface area contributed by atoms with Gasteiger partial charge >= 0.3 is 0 Å². The van der Waals surface area contributed by atoms with Gasteiger partial charge in [-0.15, -0.1) is 0 Å². The first-order valence-corrected chi connectivity index (χ1v) is 6.00. The Morgan fingerprint density at radius 1 is 1.20 bits per heavy atom. The molecule has 0 saturated heterocycles. The molecule has 0 atom stereocenters. The van der Waals surface area contributed by atoms with Crippen LogP contribution in [0.15, 0.2) is 36.4 Å². The molecule has 0 fully saturated rings. The highest BCUT2D eigenvalue weighted by molar-refractivity contribution is 5.96. The number of rotatable bonds is 3. The molecule has 0 bridgehead atoms. The van der Waals surface area contributed by atoms with Crippen LogP contribution in [-0.2, 0) is 0 Å². The number of nitriles is 1. The van der Waals surface area contributed by atoms with Crippen molar-refractivity contribution >= 4 is 5.78 Å². The zero-order chi connectivity index (χ0) is 14.7. The number of ether oxygens (including phenoxy) is 1. The summed E-state index contributed by atoms with van der Waals surface area (Å²) in [6.45, 7) is 3.17. The maximum absolute atomic E-state index is 13.2. The molecule has 3 nitrogen and oxygen atoms in total. The van der Waals surface area contributed by atoms with E-state index in [0.717, 1.165) is 11.6 Å². The molecule has 2 aromatic rings. The second-order valence-electron chi connectivity index (χ2n) is 4.39. The van der Waals surface area contributed by atoms with Gasteiger partial charge < -0.3 is 4.74 Å². The summed E-state index contributed by atoms with van der Waals surface area (Å²) in [5.41, 5.74) is 1.45. The highest BCUT2D eigenvalue weighted by Gasteiger charge is 2.12. The third-order valence-corrected chi connectivity index (χ3v) is 2.86. The smallest absolute Gasteiger partial charge is 0.163 e. The number of aryl methyl sites for hydroxylation is 1. The highest BCUT2D eigenvalue weighted by Crippen LogP contribution is 2.29. The van der Waals surface area contributed by atoms with Crippen LogP contribution in [0.2, 0.25) is 0 Å². The van der Waals surface area contributed by atoms with Gasteiger partial charge in [0.1, 0.15) is 17.3 Å². The summed E-state index contributed by atoms with van der Waals surface area (Å²) < 4.78 is 18.9. The summed E-state index contributed by atoms with van der Waals surface area (Å²) in [5, 5.41) is 8.89. The fraction of sp³-hybridized carbons (Fsp3) is 0.125. The average Bonchev–Trinajstić information content (AvgIpc) is 2.42. The Morgan fingerprint density at radius 3 is 2.60 bits per heavy atom. The number of Topliss-reactive ketones (excluding diaryl/α,β-unsaturated/α-hetero) is 1. The Kier molecular flexibility index (Phi) is 3.81. The SMILES string of the molecule is CC(=O)c1cc(F)ccc1Oc1cc(C#N)ccc1C. The van der Waals surface area contributed by atoms with E-state index in [-0.39, 0.29) is 17.1 Å². The van der Waals surface area contributed by atoms with Crippen LogP contribution in [0.4, 0.5) is 4.39 Å². The lowest BCUT2D eigenvalue weighted by Gasteiger charge is -2.11. The van der Waals surface area contributed by atoms with E-state index in [1.165, 1.54) is 19.1 Å². The van der Waals surface area contributed by atoms with Crippen molar-refractivity contribution in [3.8, 4) is 17.6 Å². The molecule has 4 heteroatoms. The van der Waals surface area contributed by atoms with Gasteiger partial charge in [-0.2, -0.15) is 5.26 Å². The largest absolute Gasteiger partial charge is 0.456 e. The first-order valence-electron chi connectivity index (χ1n) is 6.00.